The minimum absolute atomic E-state index is 0.0435. The van der Waals surface area contributed by atoms with Crippen LogP contribution in [0.1, 0.15) is 78.8 Å². The maximum atomic E-state index is 12.1. The molecule has 2 aromatic rings. The number of hydrogen-bond donors (Lipinski definition) is 1. The van der Waals surface area contributed by atoms with E-state index in [1.807, 2.05) is 42.5 Å². The van der Waals surface area contributed by atoms with Crippen LogP contribution in [0.5, 0.6) is 0 Å². The van der Waals surface area contributed by atoms with E-state index in [9.17, 15) is 14.7 Å². The molecule has 1 fully saturated rings. The quantitative estimate of drug-likeness (QED) is 0.394. The summed E-state index contributed by atoms with van der Waals surface area (Å²) in [6.45, 7) is 6.22. The molecule has 2 unspecified atom stereocenters. The van der Waals surface area contributed by atoms with Crippen molar-refractivity contribution in [3.8, 4) is 0 Å². The van der Waals surface area contributed by atoms with Gasteiger partial charge >= 0.3 is 5.97 Å². The highest BCUT2D eigenvalue weighted by Crippen LogP contribution is 2.43. The highest BCUT2D eigenvalue weighted by atomic mass is 32.2. The number of benzene rings is 2. The first-order chi connectivity index (χ1) is 15.8. The van der Waals surface area contributed by atoms with E-state index in [1.165, 1.54) is 11.8 Å². The fourth-order valence-corrected chi connectivity index (χ4v) is 5.46. The summed E-state index contributed by atoms with van der Waals surface area (Å²) < 4.78 is 10.8. The number of aliphatic carboxylic acids is 1. The van der Waals surface area contributed by atoms with Crippen LogP contribution in [0.25, 0.3) is 0 Å². The Morgan fingerprint density at radius 1 is 1.12 bits per heavy atom. The van der Waals surface area contributed by atoms with E-state index in [-0.39, 0.29) is 17.3 Å². The van der Waals surface area contributed by atoms with Crippen LogP contribution in [-0.2, 0) is 27.3 Å². The van der Waals surface area contributed by atoms with E-state index in [2.05, 4.69) is 6.07 Å². The van der Waals surface area contributed by atoms with Crippen LogP contribution in [0.3, 0.4) is 0 Å². The molecule has 2 atom stereocenters. The molecular weight excluding hydrogens is 436 g/mol. The Hall–Kier alpha value is -2.15. The van der Waals surface area contributed by atoms with E-state index in [4.69, 9.17) is 9.47 Å². The average Bonchev–Trinajstić information content (AvgIpc) is 2.81. The number of carbonyl (C=O) groups is 2. The predicted molar refractivity (Wildman–Crippen MR) is 132 cm³/mol. The van der Waals surface area contributed by atoms with E-state index in [0.29, 0.717) is 19.4 Å². The zero-order valence-corrected chi connectivity index (χ0v) is 20.5. The molecule has 3 rings (SSSR count). The van der Waals surface area contributed by atoms with Crippen LogP contribution in [0.15, 0.2) is 48.5 Å². The molecule has 6 heteroatoms. The first kappa shape index (κ1) is 25.5. The van der Waals surface area contributed by atoms with Crippen molar-refractivity contribution in [1.29, 1.82) is 0 Å². The molecular formula is C27H34O5S. The summed E-state index contributed by atoms with van der Waals surface area (Å²) in [4.78, 5) is 24.0. The Labute approximate surface area is 200 Å². The molecule has 0 saturated carbocycles. The Morgan fingerprint density at radius 2 is 1.82 bits per heavy atom. The molecule has 0 spiro atoms. The minimum Gasteiger partial charge on any atom is -0.480 e. The molecule has 33 heavy (non-hydrogen) atoms. The number of ketones is 1. The first-order valence-corrected chi connectivity index (χ1v) is 12.5. The molecule has 1 saturated heterocycles. The van der Waals surface area contributed by atoms with Gasteiger partial charge in [-0.1, -0.05) is 48.5 Å². The third-order valence-corrected chi connectivity index (χ3v) is 7.53. The van der Waals surface area contributed by atoms with Crippen LogP contribution in [-0.4, -0.2) is 34.5 Å². The smallest absolute Gasteiger partial charge is 0.319 e. The lowest BCUT2D eigenvalue weighted by Crippen LogP contribution is -2.28. The lowest BCUT2D eigenvalue weighted by atomic mass is 9.96. The second-order valence-corrected chi connectivity index (χ2v) is 10.8. The van der Waals surface area contributed by atoms with Gasteiger partial charge in [0.15, 0.2) is 12.1 Å². The number of carboxylic acids is 1. The van der Waals surface area contributed by atoms with Crippen molar-refractivity contribution in [3.05, 3.63) is 70.8 Å². The monoisotopic (exact) mass is 470 g/mol. The second-order valence-electron chi connectivity index (χ2n) is 8.98. The summed E-state index contributed by atoms with van der Waals surface area (Å²) in [5.74, 6) is -0.798. The molecule has 1 heterocycles. The first-order valence-electron chi connectivity index (χ1n) is 11.6. The molecule has 1 aliphatic heterocycles. The van der Waals surface area contributed by atoms with Gasteiger partial charge in [0.2, 0.25) is 0 Å². The number of carbonyl (C=O) groups excluding carboxylic acids is 1. The van der Waals surface area contributed by atoms with Crippen molar-refractivity contribution in [3.63, 3.8) is 0 Å². The van der Waals surface area contributed by atoms with Crippen molar-refractivity contribution < 1.29 is 24.2 Å². The molecule has 0 bridgehead atoms. The highest BCUT2D eigenvalue weighted by Gasteiger charge is 2.33. The third-order valence-electron chi connectivity index (χ3n) is 5.99. The Bertz CT molecular complexity index is 949. The standard InChI is InChI=1S/C27H34O5S/c1-19(28)22-12-6-4-10-20(22)15-16-24(33-27(2,3)26(29)30)23-13-7-5-11-21(23)18-32-25-14-8-9-17-31-25/h4-7,10-13,24-25H,8-9,14-18H2,1-3H3,(H,29,30). The summed E-state index contributed by atoms with van der Waals surface area (Å²) in [6.07, 6.45) is 4.28. The summed E-state index contributed by atoms with van der Waals surface area (Å²) in [5.41, 5.74) is 3.84. The maximum absolute atomic E-state index is 12.1. The van der Waals surface area contributed by atoms with Crippen LogP contribution in [0.4, 0.5) is 0 Å². The van der Waals surface area contributed by atoms with Gasteiger partial charge in [-0.25, -0.2) is 0 Å². The maximum Gasteiger partial charge on any atom is 0.319 e. The van der Waals surface area contributed by atoms with Gasteiger partial charge in [-0.15, -0.1) is 11.8 Å². The lowest BCUT2D eigenvalue weighted by molar-refractivity contribution is -0.169. The molecule has 0 aromatic heterocycles. The van der Waals surface area contributed by atoms with Gasteiger partial charge in [-0.05, 0) is 69.6 Å². The summed E-state index contributed by atoms with van der Waals surface area (Å²) >= 11 is 1.45. The van der Waals surface area contributed by atoms with Gasteiger partial charge < -0.3 is 14.6 Å². The number of hydrogen-bond acceptors (Lipinski definition) is 5. The summed E-state index contributed by atoms with van der Waals surface area (Å²) in [5, 5.41) is 9.71. The summed E-state index contributed by atoms with van der Waals surface area (Å²) in [7, 11) is 0. The highest BCUT2D eigenvalue weighted by molar-refractivity contribution is 8.01. The van der Waals surface area contributed by atoms with Crippen molar-refractivity contribution >= 4 is 23.5 Å². The predicted octanol–water partition coefficient (Wildman–Crippen LogP) is 6.20. The molecule has 0 amide bonds. The summed E-state index contributed by atoms with van der Waals surface area (Å²) in [6, 6.07) is 15.7. The molecule has 1 aliphatic rings. The van der Waals surface area contributed by atoms with Crippen molar-refractivity contribution in [1.82, 2.24) is 0 Å². The number of ether oxygens (including phenoxy) is 2. The topological polar surface area (TPSA) is 72.8 Å². The van der Waals surface area contributed by atoms with Gasteiger partial charge in [0.05, 0.1) is 6.61 Å². The van der Waals surface area contributed by atoms with Crippen LogP contribution in [0, 0.1) is 0 Å². The fourth-order valence-electron chi connectivity index (χ4n) is 4.06. The zero-order valence-electron chi connectivity index (χ0n) is 19.7. The minimum atomic E-state index is -0.953. The van der Waals surface area contributed by atoms with Gasteiger partial charge in [0.25, 0.3) is 0 Å². The largest absolute Gasteiger partial charge is 0.480 e. The van der Waals surface area contributed by atoms with Gasteiger partial charge in [0.1, 0.15) is 4.75 Å². The number of Topliss-reactive ketones (excluding diaryl/α,β-unsaturated/α-hetero) is 1. The second kappa shape index (κ2) is 11.8. The molecule has 1 N–H and O–H groups in total. The lowest BCUT2D eigenvalue weighted by Gasteiger charge is -2.28. The number of thioether (sulfide) groups is 1. The molecule has 0 radical (unpaired) electrons. The van der Waals surface area contributed by atoms with E-state index in [1.54, 1.807) is 20.8 Å². The normalized spacial score (nSPS) is 17.5. The van der Waals surface area contributed by atoms with Gasteiger partial charge in [0, 0.05) is 17.4 Å². The number of carboxylic acid groups (broad SMARTS) is 1. The van der Waals surface area contributed by atoms with Crippen molar-refractivity contribution in [2.24, 2.45) is 0 Å². The average molecular weight is 471 g/mol. The SMILES string of the molecule is CC(=O)c1ccccc1CCC(SC(C)(C)C(=O)O)c1ccccc1COC1CCCCO1. The van der Waals surface area contributed by atoms with Crippen LogP contribution in [0.2, 0.25) is 0 Å². The molecule has 5 nitrogen and oxygen atoms in total. The van der Waals surface area contributed by atoms with Crippen molar-refractivity contribution in [2.75, 3.05) is 6.61 Å². The molecule has 178 valence electrons. The zero-order chi connectivity index (χ0) is 23.8. The fraction of sp³-hybridized carbons (Fsp3) is 0.481. The number of aryl methyl sites for hydroxylation is 1. The van der Waals surface area contributed by atoms with E-state index in [0.717, 1.165) is 48.1 Å². The van der Waals surface area contributed by atoms with E-state index >= 15 is 0 Å². The van der Waals surface area contributed by atoms with E-state index < -0.39 is 10.7 Å². The number of rotatable bonds is 11. The van der Waals surface area contributed by atoms with Crippen LogP contribution < -0.4 is 0 Å². The molecule has 0 aliphatic carbocycles. The molecule has 2 aromatic carbocycles. The third kappa shape index (κ3) is 7.16. The Kier molecular flexibility index (Phi) is 9.12. The Balaban J connectivity index is 1.83. The van der Waals surface area contributed by atoms with Gasteiger partial charge in [-0.2, -0.15) is 0 Å². The Morgan fingerprint density at radius 3 is 2.48 bits per heavy atom. The van der Waals surface area contributed by atoms with Crippen molar-refractivity contribution in [2.45, 2.75) is 75.8 Å². The van der Waals surface area contributed by atoms with Gasteiger partial charge in [-0.3, -0.25) is 9.59 Å². The van der Waals surface area contributed by atoms with Crippen LogP contribution >= 0.6 is 11.8 Å².